The summed E-state index contributed by atoms with van der Waals surface area (Å²) < 4.78 is 23.3. The number of hydrogen-bond acceptors (Lipinski definition) is 6. The molecule has 0 fully saturated rings. The van der Waals surface area contributed by atoms with E-state index in [-0.39, 0.29) is 16.8 Å². The molecule has 154 valence electrons. The Kier molecular flexibility index (Phi) is 6.87. The molecular formula is C20H21FN2O6. The van der Waals surface area contributed by atoms with Crippen LogP contribution in [-0.4, -0.2) is 48.4 Å². The van der Waals surface area contributed by atoms with Crippen molar-refractivity contribution in [3.8, 4) is 0 Å². The Bertz CT molecular complexity index is 966. The summed E-state index contributed by atoms with van der Waals surface area (Å²) in [6, 6.07) is 5.32. The monoisotopic (exact) mass is 404 g/mol. The van der Waals surface area contributed by atoms with Gasteiger partial charge in [0.2, 0.25) is 5.78 Å². The molecule has 0 saturated heterocycles. The summed E-state index contributed by atoms with van der Waals surface area (Å²) in [7, 11) is 1.23. The molecule has 1 atom stereocenters. The highest BCUT2D eigenvalue weighted by atomic mass is 19.1. The SMILES string of the molecule is COC(=O)c1c(C)[nH]c(C(=O)C(C)OC(=O)CNC(=O)c2ccccc2F)c1C. The van der Waals surface area contributed by atoms with Crippen LogP contribution in [0, 0.1) is 19.7 Å². The quantitative estimate of drug-likeness (QED) is 0.540. The first kappa shape index (κ1) is 21.8. The minimum absolute atomic E-state index is 0.124. The van der Waals surface area contributed by atoms with Gasteiger partial charge >= 0.3 is 11.9 Å². The van der Waals surface area contributed by atoms with Crippen molar-refractivity contribution in [3.05, 3.63) is 58.2 Å². The van der Waals surface area contributed by atoms with Gasteiger partial charge in [0.25, 0.3) is 5.91 Å². The number of carbonyl (C=O) groups excluding carboxylic acids is 4. The van der Waals surface area contributed by atoms with Gasteiger partial charge in [-0.15, -0.1) is 0 Å². The molecular weight excluding hydrogens is 383 g/mol. The van der Waals surface area contributed by atoms with Crippen molar-refractivity contribution < 1.29 is 33.0 Å². The molecule has 8 nitrogen and oxygen atoms in total. The zero-order valence-electron chi connectivity index (χ0n) is 16.4. The van der Waals surface area contributed by atoms with Crippen molar-refractivity contribution >= 4 is 23.6 Å². The maximum Gasteiger partial charge on any atom is 0.339 e. The molecule has 2 rings (SSSR count). The lowest BCUT2D eigenvalue weighted by Crippen LogP contribution is -2.34. The maximum absolute atomic E-state index is 13.6. The summed E-state index contributed by atoms with van der Waals surface area (Å²) in [5, 5.41) is 2.24. The van der Waals surface area contributed by atoms with E-state index >= 15 is 0 Å². The molecule has 2 N–H and O–H groups in total. The Morgan fingerprint density at radius 3 is 2.45 bits per heavy atom. The molecule has 9 heteroatoms. The van der Waals surface area contributed by atoms with Gasteiger partial charge in [-0.2, -0.15) is 0 Å². The van der Waals surface area contributed by atoms with Crippen molar-refractivity contribution in [1.82, 2.24) is 10.3 Å². The Balaban J connectivity index is 1.99. The van der Waals surface area contributed by atoms with E-state index in [0.717, 1.165) is 6.07 Å². The van der Waals surface area contributed by atoms with Crippen molar-refractivity contribution in [2.45, 2.75) is 26.9 Å². The highest BCUT2D eigenvalue weighted by Gasteiger charge is 2.27. The topological polar surface area (TPSA) is 115 Å². The van der Waals surface area contributed by atoms with E-state index in [2.05, 4.69) is 10.3 Å². The molecule has 0 aliphatic heterocycles. The average molecular weight is 404 g/mol. The number of nitrogens with one attached hydrogen (secondary N) is 2. The lowest BCUT2D eigenvalue weighted by molar-refractivity contribution is -0.145. The smallest absolute Gasteiger partial charge is 0.339 e. The lowest BCUT2D eigenvalue weighted by atomic mass is 10.1. The molecule has 0 radical (unpaired) electrons. The number of H-pyrrole nitrogens is 1. The number of esters is 2. The van der Waals surface area contributed by atoms with E-state index < -0.39 is 42.1 Å². The van der Waals surface area contributed by atoms with E-state index in [1.165, 1.54) is 32.2 Å². The number of aryl methyl sites for hydroxylation is 1. The Labute approximate surface area is 166 Å². The number of aromatic amines is 1. The molecule has 1 amide bonds. The fourth-order valence-electron chi connectivity index (χ4n) is 2.79. The number of ether oxygens (including phenoxy) is 2. The van der Waals surface area contributed by atoms with Gasteiger partial charge in [0.1, 0.15) is 12.4 Å². The van der Waals surface area contributed by atoms with Crippen LogP contribution in [0.2, 0.25) is 0 Å². The highest BCUT2D eigenvalue weighted by Crippen LogP contribution is 2.20. The molecule has 1 heterocycles. The second kappa shape index (κ2) is 9.13. The molecule has 1 aromatic carbocycles. The van der Waals surface area contributed by atoms with Gasteiger partial charge in [-0.25, -0.2) is 9.18 Å². The number of carbonyl (C=O) groups is 4. The van der Waals surface area contributed by atoms with Crippen LogP contribution in [0.15, 0.2) is 24.3 Å². The van der Waals surface area contributed by atoms with Crippen molar-refractivity contribution in [2.75, 3.05) is 13.7 Å². The second-order valence-electron chi connectivity index (χ2n) is 6.28. The minimum Gasteiger partial charge on any atom is -0.465 e. The number of rotatable bonds is 7. The first-order valence-electron chi connectivity index (χ1n) is 8.71. The molecule has 2 aromatic rings. The number of benzene rings is 1. The predicted octanol–water partition coefficient (Wildman–Crippen LogP) is 2.10. The summed E-state index contributed by atoms with van der Waals surface area (Å²) in [5.74, 6) is -3.51. The third-order valence-electron chi connectivity index (χ3n) is 4.26. The number of hydrogen-bond donors (Lipinski definition) is 2. The summed E-state index contributed by atoms with van der Waals surface area (Å²) in [4.78, 5) is 51.1. The molecule has 0 saturated carbocycles. The first-order valence-corrected chi connectivity index (χ1v) is 8.71. The van der Waals surface area contributed by atoms with E-state index in [1.807, 2.05) is 0 Å². The largest absolute Gasteiger partial charge is 0.465 e. The van der Waals surface area contributed by atoms with Gasteiger partial charge in [0.15, 0.2) is 6.10 Å². The molecule has 1 aromatic heterocycles. The predicted molar refractivity (Wildman–Crippen MR) is 100 cm³/mol. The van der Waals surface area contributed by atoms with Gasteiger partial charge in [-0.05, 0) is 38.5 Å². The van der Waals surface area contributed by atoms with Crippen LogP contribution in [0.25, 0.3) is 0 Å². The standard InChI is InChI=1S/C20H21FN2O6/c1-10-16(20(27)28-4)11(2)23-17(10)18(25)12(3)29-15(24)9-22-19(26)13-7-5-6-8-14(13)21/h5-8,12,23H,9H2,1-4H3,(H,22,26). The van der Waals surface area contributed by atoms with Gasteiger partial charge in [-0.1, -0.05) is 12.1 Å². The third-order valence-corrected chi connectivity index (χ3v) is 4.26. The third kappa shape index (κ3) is 4.87. The number of amides is 1. The number of ketones is 1. The van der Waals surface area contributed by atoms with Crippen LogP contribution in [0.1, 0.15) is 49.4 Å². The Morgan fingerprint density at radius 2 is 1.83 bits per heavy atom. The van der Waals surface area contributed by atoms with Gasteiger partial charge in [-0.3, -0.25) is 14.4 Å². The number of methoxy groups -OCH3 is 1. The zero-order chi connectivity index (χ0) is 21.7. The number of Topliss-reactive ketones (excluding diaryl/α,β-unsaturated/α-hetero) is 1. The molecule has 0 aliphatic rings. The summed E-state index contributed by atoms with van der Waals surface area (Å²) >= 11 is 0. The summed E-state index contributed by atoms with van der Waals surface area (Å²) in [5.41, 5.74) is 0.992. The number of halogens is 1. The van der Waals surface area contributed by atoms with Crippen LogP contribution in [0.3, 0.4) is 0 Å². The maximum atomic E-state index is 13.6. The molecule has 0 spiro atoms. The van der Waals surface area contributed by atoms with Crippen LogP contribution >= 0.6 is 0 Å². The molecule has 0 bridgehead atoms. The summed E-state index contributed by atoms with van der Waals surface area (Å²) in [6.07, 6.45) is -1.17. The van der Waals surface area contributed by atoms with Crippen molar-refractivity contribution in [1.29, 1.82) is 0 Å². The molecule has 1 unspecified atom stereocenters. The molecule has 29 heavy (non-hydrogen) atoms. The fourth-order valence-corrected chi connectivity index (χ4v) is 2.79. The zero-order valence-corrected chi connectivity index (χ0v) is 16.4. The van der Waals surface area contributed by atoms with Crippen LogP contribution in [-0.2, 0) is 14.3 Å². The highest BCUT2D eigenvalue weighted by molar-refractivity contribution is 6.04. The minimum atomic E-state index is -1.17. The van der Waals surface area contributed by atoms with Crippen LogP contribution in [0.5, 0.6) is 0 Å². The van der Waals surface area contributed by atoms with Gasteiger partial charge < -0.3 is 19.8 Å². The van der Waals surface area contributed by atoms with E-state index in [1.54, 1.807) is 13.8 Å². The van der Waals surface area contributed by atoms with Crippen LogP contribution in [0.4, 0.5) is 4.39 Å². The lowest BCUT2D eigenvalue weighted by Gasteiger charge is -2.13. The normalized spacial score (nSPS) is 11.5. The van der Waals surface area contributed by atoms with Crippen LogP contribution < -0.4 is 5.32 Å². The second-order valence-corrected chi connectivity index (χ2v) is 6.28. The Hall–Kier alpha value is -3.49. The van der Waals surface area contributed by atoms with Gasteiger partial charge in [0.05, 0.1) is 23.9 Å². The Morgan fingerprint density at radius 1 is 1.17 bits per heavy atom. The van der Waals surface area contributed by atoms with Crippen molar-refractivity contribution in [2.24, 2.45) is 0 Å². The van der Waals surface area contributed by atoms with E-state index in [4.69, 9.17) is 9.47 Å². The first-order chi connectivity index (χ1) is 13.7. The number of aromatic nitrogens is 1. The van der Waals surface area contributed by atoms with Crippen molar-refractivity contribution in [3.63, 3.8) is 0 Å². The van der Waals surface area contributed by atoms with E-state index in [0.29, 0.717) is 11.3 Å². The van der Waals surface area contributed by atoms with E-state index in [9.17, 15) is 23.6 Å². The van der Waals surface area contributed by atoms with Gasteiger partial charge in [0, 0.05) is 5.69 Å². The molecule has 0 aliphatic carbocycles. The summed E-state index contributed by atoms with van der Waals surface area (Å²) in [6.45, 7) is 4.02. The average Bonchev–Trinajstić information content (AvgIpc) is 2.99. The fraction of sp³-hybridized carbons (Fsp3) is 0.300.